The Morgan fingerprint density at radius 2 is 1.84 bits per heavy atom. The van der Waals surface area contributed by atoms with Gasteiger partial charge in [-0.2, -0.15) is 18.3 Å². The van der Waals surface area contributed by atoms with Crippen LogP contribution in [0.3, 0.4) is 0 Å². The average Bonchev–Trinajstić information content (AvgIpc) is 3.17. The second kappa shape index (κ2) is 7.85. The predicted molar refractivity (Wildman–Crippen MR) is 107 cm³/mol. The zero-order valence-corrected chi connectivity index (χ0v) is 16.7. The van der Waals surface area contributed by atoms with Gasteiger partial charge in [0.1, 0.15) is 0 Å². The van der Waals surface area contributed by atoms with Gasteiger partial charge in [-0.15, -0.1) is 0 Å². The molecule has 0 saturated heterocycles. The summed E-state index contributed by atoms with van der Waals surface area (Å²) in [6, 6.07) is 9.24. The number of aryl methyl sites for hydroxylation is 1. The molecule has 1 aliphatic carbocycles. The molecule has 1 heterocycles. The fraction of sp³-hybridized carbons (Fsp3) is 0.227. The number of fused-ring (bicyclic) bond motifs is 1. The van der Waals surface area contributed by atoms with Crippen molar-refractivity contribution < 1.29 is 27.9 Å². The number of carboxylic acids is 1. The Labute approximate surface area is 179 Å². The molecule has 9 heteroatoms. The number of carbonyl (C=O) groups excluding carboxylic acids is 1. The van der Waals surface area contributed by atoms with Gasteiger partial charge < -0.3 is 5.11 Å². The summed E-state index contributed by atoms with van der Waals surface area (Å²) in [6.45, 7) is 0. The van der Waals surface area contributed by atoms with E-state index in [9.17, 15) is 22.8 Å². The van der Waals surface area contributed by atoms with Crippen LogP contribution in [0.4, 0.5) is 13.2 Å². The molecule has 5 nitrogen and oxygen atoms in total. The van der Waals surface area contributed by atoms with Crippen molar-refractivity contribution in [1.29, 1.82) is 0 Å². The number of hydrogen-bond acceptors (Lipinski definition) is 3. The Bertz CT molecular complexity index is 1170. The molecule has 4 rings (SSSR count). The van der Waals surface area contributed by atoms with E-state index in [1.165, 1.54) is 24.3 Å². The van der Waals surface area contributed by atoms with Gasteiger partial charge in [-0.3, -0.25) is 9.89 Å². The molecule has 1 aliphatic rings. The van der Waals surface area contributed by atoms with Crippen molar-refractivity contribution in [2.24, 2.45) is 0 Å². The number of hydrogen-bond donors (Lipinski definition) is 2. The second-order valence-electron chi connectivity index (χ2n) is 7.32. The van der Waals surface area contributed by atoms with E-state index in [1.54, 1.807) is 12.1 Å². The fourth-order valence-corrected chi connectivity index (χ4v) is 4.29. The van der Waals surface area contributed by atoms with Crippen molar-refractivity contribution in [3.8, 4) is 11.3 Å². The van der Waals surface area contributed by atoms with Crippen molar-refractivity contribution >= 4 is 23.4 Å². The number of carboxylic acid groups (broad SMARTS) is 1. The zero-order chi connectivity index (χ0) is 22.3. The SMILES string of the molecule is O=C(O)c1ccc(-c2n[nH]c3c2C(C(=O)c2c(Cl)cccc2C(F)(F)F)CCC3)cc1. The van der Waals surface area contributed by atoms with Crippen LogP contribution in [0, 0.1) is 0 Å². The minimum absolute atomic E-state index is 0.0895. The van der Waals surface area contributed by atoms with Crippen LogP contribution < -0.4 is 0 Å². The molecule has 0 aliphatic heterocycles. The van der Waals surface area contributed by atoms with E-state index >= 15 is 0 Å². The number of ketones is 1. The maximum Gasteiger partial charge on any atom is 0.417 e. The van der Waals surface area contributed by atoms with E-state index < -0.39 is 35.0 Å². The van der Waals surface area contributed by atoms with Crippen LogP contribution in [0.25, 0.3) is 11.3 Å². The summed E-state index contributed by atoms with van der Waals surface area (Å²) in [6.07, 6.45) is -3.16. The van der Waals surface area contributed by atoms with Crippen molar-refractivity contribution in [1.82, 2.24) is 10.2 Å². The second-order valence-corrected chi connectivity index (χ2v) is 7.72. The van der Waals surface area contributed by atoms with E-state index in [0.717, 1.165) is 6.07 Å². The summed E-state index contributed by atoms with van der Waals surface area (Å²) in [4.78, 5) is 24.5. The monoisotopic (exact) mass is 448 g/mol. The van der Waals surface area contributed by atoms with Gasteiger partial charge in [-0.1, -0.05) is 29.8 Å². The number of benzene rings is 2. The summed E-state index contributed by atoms with van der Waals surface area (Å²) in [7, 11) is 0. The number of halogens is 4. The van der Waals surface area contributed by atoms with Gasteiger partial charge in [0.2, 0.25) is 0 Å². The quantitative estimate of drug-likeness (QED) is 0.498. The molecule has 1 unspecified atom stereocenters. The lowest BCUT2D eigenvalue weighted by Crippen LogP contribution is -2.22. The molecule has 0 fully saturated rings. The predicted octanol–water partition coefficient (Wildman–Crippen LogP) is 5.75. The standard InChI is InChI=1S/C22H16ClF3N2O3/c23-15-5-2-4-14(22(24,25)26)18(15)20(29)13-3-1-6-16-17(13)19(28-27-16)11-7-9-12(10-8-11)21(30)31/h2,4-5,7-10,13H,1,3,6H2,(H,27,28)(H,30,31). The van der Waals surface area contributed by atoms with Crippen molar-refractivity contribution in [2.45, 2.75) is 31.4 Å². The molecule has 1 aromatic heterocycles. The molecule has 3 aromatic rings. The maximum absolute atomic E-state index is 13.6. The first-order valence-corrected chi connectivity index (χ1v) is 9.87. The molecular formula is C22H16ClF3N2O3. The lowest BCUT2D eigenvalue weighted by atomic mass is 9.79. The topological polar surface area (TPSA) is 83.0 Å². The van der Waals surface area contributed by atoms with Gasteiger partial charge in [-0.25, -0.2) is 4.79 Å². The Balaban J connectivity index is 1.81. The number of nitrogens with one attached hydrogen (secondary N) is 1. The molecule has 0 saturated carbocycles. The zero-order valence-electron chi connectivity index (χ0n) is 16.0. The molecule has 2 N–H and O–H groups in total. The lowest BCUT2D eigenvalue weighted by Gasteiger charge is -2.24. The van der Waals surface area contributed by atoms with Gasteiger partial charge >= 0.3 is 12.1 Å². The Hall–Kier alpha value is -3.13. The van der Waals surface area contributed by atoms with Gasteiger partial charge in [0.15, 0.2) is 5.78 Å². The largest absolute Gasteiger partial charge is 0.478 e. The third kappa shape index (κ3) is 3.83. The van der Waals surface area contributed by atoms with E-state index in [-0.39, 0.29) is 10.6 Å². The fourth-order valence-electron chi connectivity index (χ4n) is 4.02. The van der Waals surface area contributed by atoms with E-state index in [0.29, 0.717) is 41.8 Å². The van der Waals surface area contributed by atoms with Crippen molar-refractivity contribution in [2.75, 3.05) is 0 Å². The molecular weight excluding hydrogens is 433 g/mol. The van der Waals surface area contributed by atoms with Crippen molar-refractivity contribution in [3.05, 3.63) is 75.4 Å². The highest BCUT2D eigenvalue weighted by Crippen LogP contribution is 2.43. The first-order chi connectivity index (χ1) is 14.7. The van der Waals surface area contributed by atoms with E-state index in [4.69, 9.17) is 16.7 Å². The van der Waals surface area contributed by atoms with Crippen LogP contribution in [0.15, 0.2) is 42.5 Å². The molecule has 1 atom stereocenters. The number of Topliss-reactive ketones (excluding diaryl/α,β-unsaturated/α-hetero) is 1. The maximum atomic E-state index is 13.6. The van der Waals surface area contributed by atoms with Crippen LogP contribution >= 0.6 is 11.6 Å². The summed E-state index contributed by atoms with van der Waals surface area (Å²) in [5.74, 6) is -2.64. The summed E-state index contributed by atoms with van der Waals surface area (Å²) < 4.78 is 40.7. The number of aromatic nitrogens is 2. The van der Waals surface area contributed by atoms with Crippen LogP contribution in [0.1, 0.15) is 56.3 Å². The molecule has 2 aromatic carbocycles. The number of rotatable bonds is 4. The minimum atomic E-state index is -4.72. The first kappa shape index (κ1) is 21.1. The Morgan fingerprint density at radius 3 is 2.48 bits per heavy atom. The highest BCUT2D eigenvalue weighted by molar-refractivity contribution is 6.34. The number of carbonyl (C=O) groups is 2. The highest BCUT2D eigenvalue weighted by atomic mass is 35.5. The van der Waals surface area contributed by atoms with Crippen LogP contribution in [-0.2, 0) is 12.6 Å². The molecule has 0 bridgehead atoms. The Kier molecular flexibility index (Phi) is 5.35. The average molecular weight is 449 g/mol. The van der Waals surface area contributed by atoms with E-state index in [1.807, 2.05) is 0 Å². The van der Waals surface area contributed by atoms with Gasteiger partial charge in [0.25, 0.3) is 0 Å². The summed E-state index contributed by atoms with van der Waals surface area (Å²) in [5.41, 5.74) is 0.695. The number of nitrogens with zero attached hydrogens (tertiary/aromatic N) is 1. The molecule has 0 amide bonds. The Morgan fingerprint density at radius 1 is 1.13 bits per heavy atom. The summed E-state index contributed by atoms with van der Waals surface area (Å²) in [5, 5.41) is 16.0. The normalized spacial score (nSPS) is 16.1. The number of alkyl halides is 3. The molecule has 31 heavy (non-hydrogen) atoms. The van der Waals surface area contributed by atoms with E-state index in [2.05, 4.69) is 10.2 Å². The molecule has 160 valence electrons. The van der Waals surface area contributed by atoms with Crippen LogP contribution in [-0.4, -0.2) is 27.1 Å². The number of aromatic amines is 1. The highest BCUT2D eigenvalue weighted by Gasteiger charge is 2.40. The third-order valence-corrected chi connectivity index (χ3v) is 5.75. The van der Waals surface area contributed by atoms with Crippen LogP contribution in [0.2, 0.25) is 5.02 Å². The van der Waals surface area contributed by atoms with Crippen molar-refractivity contribution in [3.63, 3.8) is 0 Å². The first-order valence-electron chi connectivity index (χ1n) is 9.49. The third-order valence-electron chi connectivity index (χ3n) is 5.44. The van der Waals surface area contributed by atoms with Gasteiger partial charge in [0.05, 0.1) is 27.8 Å². The smallest absolute Gasteiger partial charge is 0.417 e. The van der Waals surface area contributed by atoms with Gasteiger partial charge in [0, 0.05) is 22.4 Å². The number of H-pyrrole nitrogens is 1. The minimum Gasteiger partial charge on any atom is -0.478 e. The lowest BCUT2D eigenvalue weighted by molar-refractivity contribution is -0.137. The number of aromatic carboxylic acids is 1. The summed E-state index contributed by atoms with van der Waals surface area (Å²) >= 11 is 6.05. The van der Waals surface area contributed by atoms with Crippen LogP contribution in [0.5, 0.6) is 0 Å². The van der Waals surface area contributed by atoms with Gasteiger partial charge in [-0.05, 0) is 43.5 Å². The molecule has 0 radical (unpaired) electrons. The molecule has 0 spiro atoms.